The molecule has 17 heavy (non-hydrogen) atoms. The topological polar surface area (TPSA) is 38.3 Å². The minimum absolute atomic E-state index is 0.0381. The predicted molar refractivity (Wildman–Crippen MR) is 72.1 cm³/mol. The molecule has 0 heterocycles. The van der Waals surface area contributed by atoms with E-state index in [-0.39, 0.29) is 11.9 Å². The van der Waals surface area contributed by atoms with E-state index in [1.54, 1.807) is 19.2 Å². The van der Waals surface area contributed by atoms with Gasteiger partial charge in [0.25, 0.3) is 5.91 Å². The van der Waals surface area contributed by atoms with Crippen molar-refractivity contribution in [2.24, 2.45) is 5.92 Å². The number of hydrogen-bond donors (Lipinski definition) is 1. The van der Waals surface area contributed by atoms with Gasteiger partial charge in [-0.2, -0.15) is 0 Å². The first kappa shape index (κ1) is 14.2. The standard InChI is InChI=1S/C13H18BrNO2/c1-9(2)12(8-17-3)15-13(16)10-4-6-11(14)7-5-10/h4-7,9,12H,8H2,1-3H3,(H,15,16). The number of carbonyl (C=O) groups is 1. The highest BCUT2D eigenvalue weighted by molar-refractivity contribution is 9.10. The van der Waals surface area contributed by atoms with E-state index in [9.17, 15) is 4.79 Å². The molecule has 3 nitrogen and oxygen atoms in total. The van der Waals surface area contributed by atoms with Crippen molar-refractivity contribution in [3.8, 4) is 0 Å². The van der Waals surface area contributed by atoms with Crippen LogP contribution in [-0.2, 0) is 4.74 Å². The lowest BCUT2D eigenvalue weighted by atomic mass is 10.0. The van der Waals surface area contributed by atoms with Crippen molar-refractivity contribution < 1.29 is 9.53 Å². The van der Waals surface area contributed by atoms with Gasteiger partial charge in [0, 0.05) is 17.1 Å². The zero-order valence-corrected chi connectivity index (χ0v) is 12.0. The molecule has 1 unspecified atom stereocenters. The lowest BCUT2D eigenvalue weighted by Crippen LogP contribution is -2.41. The van der Waals surface area contributed by atoms with Crippen molar-refractivity contribution in [2.75, 3.05) is 13.7 Å². The third-order valence-corrected chi connectivity index (χ3v) is 3.10. The number of rotatable bonds is 5. The largest absolute Gasteiger partial charge is 0.383 e. The average molecular weight is 300 g/mol. The Bertz CT molecular complexity index is 362. The Morgan fingerprint density at radius 1 is 1.35 bits per heavy atom. The molecule has 0 bridgehead atoms. The van der Waals surface area contributed by atoms with E-state index in [0.717, 1.165) is 4.47 Å². The molecule has 0 aliphatic carbocycles. The van der Waals surface area contributed by atoms with E-state index in [2.05, 4.69) is 35.1 Å². The van der Waals surface area contributed by atoms with Crippen LogP contribution in [0.4, 0.5) is 0 Å². The molecule has 0 radical (unpaired) electrons. The molecule has 1 N–H and O–H groups in total. The summed E-state index contributed by atoms with van der Waals surface area (Å²) < 4.78 is 6.06. The van der Waals surface area contributed by atoms with Gasteiger partial charge in [0.2, 0.25) is 0 Å². The Morgan fingerprint density at radius 2 is 1.94 bits per heavy atom. The highest BCUT2D eigenvalue weighted by atomic mass is 79.9. The lowest BCUT2D eigenvalue weighted by molar-refractivity contribution is 0.0866. The molecule has 0 aliphatic heterocycles. The van der Waals surface area contributed by atoms with Crippen LogP contribution in [0.15, 0.2) is 28.7 Å². The van der Waals surface area contributed by atoms with Gasteiger partial charge in [0.15, 0.2) is 0 Å². The minimum Gasteiger partial charge on any atom is -0.383 e. The molecule has 1 aromatic carbocycles. The van der Waals surface area contributed by atoms with Gasteiger partial charge < -0.3 is 10.1 Å². The van der Waals surface area contributed by atoms with Crippen LogP contribution in [0.5, 0.6) is 0 Å². The Morgan fingerprint density at radius 3 is 2.41 bits per heavy atom. The van der Waals surface area contributed by atoms with Gasteiger partial charge in [-0.1, -0.05) is 29.8 Å². The maximum Gasteiger partial charge on any atom is 0.251 e. The van der Waals surface area contributed by atoms with Crippen LogP contribution in [0.3, 0.4) is 0 Å². The molecule has 1 aromatic rings. The van der Waals surface area contributed by atoms with Gasteiger partial charge in [-0.25, -0.2) is 0 Å². The van der Waals surface area contributed by atoms with Crippen LogP contribution >= 0.6 is 15.9 Å². The number of benzene rings is 1. The number of methoxy groups -OCH3 is 1. The van der Waals surface area contributed by atoms with Gasteiger partial charge in [0.05, 0.1) is 12.6 Å². The minimum atomic E-state index is -0.0618. The van der Waals surface area contributed by atoms with Crippen molar-refractivity contribution in [1.29, 1.82) is 0 Å². The van der Waals surface area contributed by atoms with Crippen molar-refractivity contribution in [2.45, 2.75) is 19.9 Å². The summed E-state index contributed by atoms with van der Waals surface area (Å²) in [5.41, 5.74) is 0.662. The highest BCUT2D eigenvalue weighted by Crippen LogP contribution is 2.11. The molecule has 4 heteroatoms. The Labute approximate surface area is 111 Å². The smallest absolute Gasteiger partial charge is 0.251 e. The summed E-state index contributed by atoms with van der Waals surface area (Å²) in [7, 11) is 1.64. The summed E-state index contributed by atoms with van der Waals surface area (Å²) >= 11 is 3.34. The molecule has 0 saturated heterocycles. The summed E-state index contributed by atoms with van der Waals surface area (Å²) in [4.78, 5) is 12.0. The van der Waals surface area contributed by atoms with Crippen molar-refractivity contribution in [3.05, 3.63) is 34.3 Å². The zero-order chi connectivity index (χ0) is 12.8. The molecule has 0 aliphatic rings. The normalized spacial score (nSPS) is 12.5. The first-order chi connectivity index (χ1) is 8.04. The van der Waals surface area contributed by atoms with E-state index in [0.29, 0.717) is 18.1 Å². The van der Waals surface area contributed by atoms with Crippen molar-refractivity contribution >= 4 is 21.8 Å². The summed E-state index contributed by atoms with van der Waals surface area (Å²) in [6.07, 6.45) is 0. The van der Waals surface area contributed by atoms with Crippen LogP contribution < -0.4 is 5.32 Å². The number of halogens is 1. The second-order valence-corrected chi connectivity index (χ2v) is 5.20. The van der Waals surface area contributed by atoms with Crippen LogP contribution in [0.25, 0.3) is 0 Å². The number of hydrogen-bond acceptors (Lipinski definition) is 2. The monoisotopic (exact) mass is 299 g/mol. The van der Waals surface area contributed by atoms with Gasteiger partial charge >= 0.3 is 0 Å². The lowest BCUT2D eigenvalue weighted by Gasteiger charge is -2.21. The molecule has 0 spiro atoms. The SMILES string of the molecule is COCC(NC(=O)c1ccc(Br)cc1)C(C)C. The van der Waals surface area contributed by atoms with Gasteiger partial charge in [0.1, 0.15) is 0 Å². The second kappa shape index (κ2) is 6.77. The maximum absolute atomic E-state index is 12.0. The van der Waals surface area contributed by atoms with Crippen LogP contribution in [0, 0.1) is 5.92 Å². The Hall–Kier alpha value is -0.870. The molecule has 1 amide bonds. The average Bonchev–Trinajstić information content (AvgIpc) is 2.29. The molecule has 1 rings (SSSR count). The molecular formula is C13H18BrNO2. The van der Waals surface area contributed by atoms with E-state index in [4.69, 9.17) is 4.74 Å². The molecule has 1 atom stereocenters. The van der Waals surface area contributed by atoms with Crippen LogP contribution in [0.1, 0.15) is 24.2 Å². The highest BCUT2D eigenvalue weighted by Gasteiger charge is 2.16. The van der Waals surface area contributed by atoms with Gasteiger partial charge in [-0.3, -0.25) is 4.79 Å². The molecule has 0 fully saturated rings. The number of carbonyl (C=O) groups excluding carboxylic acids is 1. The Kier molecular flexibility index (Phi) is 5.65. The van der Waals surface area contributed by atoms with E-state index >= 15 is 0 Å². The third kappa shape index (κ3) is 4.48. The first-order valence-corrected chi connectivity index (χ1v) is 6.39. The summed E-state index contributed by atoms with van der Waals surface area (Å²) in [5, 5.41) is 2.97. The third-order valence-electron chi connectivity index (χ3n) is 2.57. The summed E-state index contributed by atoms with van der Waals surface area (Å²) in [6, 6.07) is 7.34. The van der Waals surface area contributed by atoms with Crippen molar-refractivity contribution in [3.63, 3.8) is 0 Å². The second-order valence-electron chi connectivity index (χ2n) is 4.29. The molecule has 0 aromatic heterocycles. The summed E-state index contributed by atoms with van der Waals surface area (Å²) in [6.45, 7) is 4.65. The quantitative estimate of drug-likeness (QED) is 0.908. The number of nitrogens with one attached hydrogen (secondary N) is 1. The van der Waals surface area contributed by atoms with Gasteiger partial charge in [-0.05, 0) is 30.2 Å². The fourth-order valence-corrected chi connectivity index (χ4v) is 1.70. The first-order valence-electron chi connectivity index (χ1n) is 5.60. The number of ether oxygens (including phenoxy) is 1. The maximum atomic E-state index is 12.0. The van der Waals surface area contributed by atoms with Gasteiger partial charge in [-0.15, -0.1) is 0 Å². The number of amides is 1. The Balaban J connectivity index is 2.66. The summed E-state index contributed by atoms with van der Waals surface area (Å²) in [5.74, 6) is 0.280. The fourth-order valence-electron chi connectivity index (χ4n) is 1.43. The van der Waals surface area contributed by atoms with E-state index < -0.39 is 0 Å². The van der Waals surface area contributed by atoms with Crippen LogP contribution in [-0.4, -0.2) is 25.7 Å². The predicted octanol–water partition coefficient (Wildman–Crippen LogP) is 2.85. The van der Waals surface area contributed by atoms with E-state index in [1.165, 1.54) is 0 Å². The molecule has 94 valence electrons. The van der Waals surface area contributed by atoms with Crippen LogP contribution in [0.2, 0.25) is 0 Å². The van der Waals surface area contributed by atoms with Crippen molar-refractivity contribution in [1.82, 2.24) is 5.32 Å². The molecular weight excluding hydrogens is 282 g/mol. The van der Waals surface area contributed by atoms with E-state index in [1.807, 2.05) is 12.1 Å². The molecule has 0 saturated carbocycles. The zero-order valence-electron chi connectivity index (χ0n) is 10.4. The fraction of sp³-hybridized carbons (Fsp3) is 0.462.